The van der Waals surface area contributed by atoms with Crippen LogP contribution in [0.1, 0.15) is 18.3 Å². The summed E-state index contributed by atoms with van der Waals surface area (Å²) < 4.78 is 29.3. The van der Waals surface area contributed by atoms with Gasteiger partial charge in [0.15, 0.2) is 17.5 Å². The molecule has 2 rings (SSSR count). The van der Waals surface area contributed by atoms with Crippen LogP contribution in [0.15, 0.2) is 18.5 Å². The Morgan fingerprint density at radius 1 is 1.40 bits per heavy atom. The van der Waals surface area contributed by atoms with Crippen LogP contribution >= 0.6 is 12.2 Å². The van der Waals surface area contributed by atoms with E-state index in [1.807, 2.05) is 6.92 Å². The molecule has 2 aromatic rings. The van der Waals surface area contributed by atoms with Crippen molar-refractivity contribution in [2.75, 3.05) is 5.32 Å². The zero-order valence-corrected chi connectivity index (χ0v) is 11.5. The number of aromatic nitrogens is 3. The van der Waals surface area contributed by atoms with Crippen LogP contribution in [-0.4, -0.2) is 19.8 Å². The normalized spacial score (nSPS) is 10.6. The fourth-order valence-corrected chi connectivity index (χ4v) is 1.89. The third-order valence-corrected chi connectivity index (χ3v) is 3.04. The molecule has 0 amide bonds. The van der Waals surface area contributed by atoms with Gasteiger partial charge in [-0.15, -0.1) is 10.2 Å². The van der Waals surface area contributed by atoms with E-state index in [1.165, 1.54) is 12.1 Å². The van der Waals surface area contributed by atoms with Gasteiger partial charge in [-0.2, -0.15) is 0 Å². The molecule has 0 bridgehead atoms. The summed E-state index contributed by atoms with van der Waals surface area (Å²) in [5, 5.41) is 10.4. The molecule has 1 heterocycles. The van der Waals surface area contributed by atoms with E-state index in [2.05, 4.69) is 27.7 Å². The maximum atomic E-state index is 13.8. The van der Waals surface area contributed by atoms with E-state index in [-0.39, 0.29) is 22.8 Å². The molecule has 0 saturated heterocycles. The molecule has 20 heavy (non-hydrogen) atoms. The smallest absolute Gasteiger partial charge is 0.182 e. The van der Waals surface area contributed by atoms with Crippen molar-refractivity contribution in [2.24, 2.45) is 5.73 Å². The van der Waals surface area contributed by atoms with Crippen LogP contribution in [0.4, 0.5) is 14.5 Å². The summed E-state index contributed by atoms with van der Waals surface area (Å²) in [6.07, 6.45) is 1.57. The van der Waals surface area contributed by atoms with Gasteiger partial charge in [-0.05, 0) is 19.1 Å². The minimum absolute atomic E-state index is 0.0214. The molecule has 0 atom stereocenters. The molecule has 0 aliphatic carbocycles. The topological polar surface area (TPSA) is 68.8 Å². The van der Waals surface area contributed by atoms with E-state index < -0.39 is 11.6 Å². The highest BCUT2D eigenvalue weighted by Crippen LogP contribution is 2.21. The Balaban J connectivity index is 2.19. The first-order chi connectivity index (χ1) is 9.54. The van der Waals surface area contributed by atoms with Crippen molar-refractivity contribution in [2.45, 2.75) is 20.0 Å². The molecular weight excluding hydrogens is 284 g/mol. The summed E-state index contributed by atoms with van der Waals surface area (Å²) in [5.74, 6) is -1.44. The Bertz CT molecular complexity index is 641. The molecule has 3 N–H and O–H groups in total. The summed E-state index contributed by atoms with van der Waals surface area (Å²) in [6, 6.07) is 2.73. The van der Waals surface area contributed by atoms with Crippen LogP contribution < -0.4 is 11.1 Å². The zero-order chi connectivity index (χ0) is 14.7. The lowest BCUT2D eigenvalue weighted by atomic mass is 10.2. The molecule has 1 aromatic carbocycles. The summed E-state index contributed by atoms with van der Waals surface area (Å²) in [6.45, 7) is 2.86. The molecule has 0 spiro atoms. The second-order valence-corrected chi connectivity index (χ2v) is 4.48. The lowest BCUT2D eigenvalue weighted by Crippen LogP contribution is -2.14. The van der Waals surface area contributed by atoms with Crippen LogP contribution in [-0.2, 0) is 13.1 Å². The maximum Gasteiger partial charge on any atom is 0.182 e. The Morgan fingerprint density at radius 2 is 2.15 bits per heavy atom. The number of nitrogens with one attached hydrogen (secondary N) is 1. The number of hydrogen-bond acceptors (Lipinski definition) is 4. The Morgan fingerprint density at radius 3 is 2.80 bits per heavy atom. The van der Waals surface area contributed by atoms with E-state index in [1.54, 1.807) is 10.9 Å². The van der Waals surface area contributed by atoms with Gasteiger partial charge in [-0.25, -0.2) is 8.78 Å². The predicted octanol–water partition coefficient (Wildman–Crippen LogP) is 1.82. The molecule has 5 nitrogen and oxygen atoms in total. The van der Waals surface area contributed by atoms with Gasteiger partial charge in [0.1, 0.15) is 11.3 Å². The van der Waals surface area contributed by atoms with Gasteiger partial charge in [0.05, 0.1) is 12.2 Å². The average Bonchev–Trinajstić information content (AvgIpc) is 2.87. The number of benzene rings is 1. The standard InChI is InChI=1S/C12H13F2N5S/c1-2-19-6-17-18-9(19)5-16-8-4-3-7(12(15)20)10(13)11(8)14/h3-4,6,16H,2,5H2,1H3,(H2,15,20). The van der Waals surface area contributed by atoms with E-state index in [0.29, 0.717) is 12.4 Å². The predicted molar refractivity (Wildman–Crippen MR) is 75.3 cm³/mol. The summed E-state index contributed by atoms with van der Waals surface area (Å²) >= 11 is 4.64. The molecule has 106 valence electrons. The van der Waals surface area contributed by atoms with Gasteiger partial charge in [0, 0.05) is 12.1 Å². The highest BCUT2D eigenvalue weighted by Gasteiger charge is 2.15. The number of aryl methyl sites for hydroxylation is 1. The van der Waals surface area contributed by atoms with Crippen molar-refractivity contribution >= 4 is 22.9 Å². The van der Waals surface area contributed by atoms with Crippen molar-refractivity contribution in [1.29, 1.82) is 0 Å². The first kappa shape index (κ1) is 14.3. The Kier molecular flexibility index (Phi) is 4.23. The highest BCUT2D eigenvalue weighted by molar-refractivity contribution is 7.80. The van der Waals surface area contributed by atoms with Gasteiger partial charge in [0.2, 0.25) is 0 Å². The summed E-state index contributed by atoms with van der Waals surface area (Å²) in [7, 11) is 0. The molecular formula is C12H13F2N5S. The quantitative estimate of drug-likeness (QED) is 0.824. The minimum atomic E-state index is -1.06. The third kappa shape index (κ3) is 2.74. The van der Waals surface area contributed by atoms with Crippen LogP contribution in [0.25, 0.3) is 0 Å². The van der Waals surface area contributed by atoms with Gasteiger partial charge in [0.25, 0.3) is 0 Å². The summed E-state index contributed by atoms with van der Waals surface area (Å²) in [5.41, 5.74) is 5.22. The molecule has 0 aliphatic heterocycles. The van der Waals surface area contributed by atoms with Crippen molar-refractivity contribution < 1.29 is 8.78 Å². The number of nitrogens with zero attached hydrogens (tertiary/aromatic N) is 3. The van der Waals surface area contributed by atoms with Gasteiger partial charge in [-0.1, -0.05) is 12.2 Å². The van der Waals surface area contributed by atoms with E-state index >= 15 is 0 Å². The van der Waals surface area contributed by atoms with Crippen LogP contribution in [0, 0.1) is 11.6 Å². The number of hydrogen-bond donors (Lipinski definition) is 2. The Hall–Kier alpha value is -2.09. The van der Waals surface area contributed by atoms with Crippen LogP contribution in [0.2, 0.25) is 0 Å². The molecule has 0 aliphatic rings. The average molecular weight is 297 g/mol. The van der Waals surface area contributed by atoms with Gasteiger partial charge < -0.3 is 15.6 Å². The third-order valence-electron chi connectivity index (χ3n) is 2.82. The lowest BCUT2D eigenvalue weighted by molar-refractivity contribution is 0.509. The molecule has 0 saturated carbocycles. The van der Waals surface area contributed by atoms with Crippen LogP contribution in [0.3, 0.4) is 0 Å². The Labute approximate surface area is 119 Å². The number of rotatable bonds is 5. The monoisotopic (exact) mass is 297 g/mol. The second-order valence-electron chi connectivity index (χ2n) is 4.04. The zero-order valence-electron chi connectivity index (χ0n) is 10.7. The number of anilines is 1. The first-order valence-electron chi connectivity index (χ1n) is 5.93. The largest absolute Gasteiger partial charge is 0.389 e. The number of halogens is 2. The van der Waals surface area contributed by atoms with Crippen molar-refractivity contribution in [3.63, 3.8) is 0 Å². The first-order valence-corrected chi connectivity index (χ1v) is 6.33. The molecule has 0 radical (unpaired) electrons. The number of thiocarbonyl (C=S) groups is 1. The minimum Gasteiger partial charge on any atom is -0.389 e. The lowest BCUT2D eigenvalue weighted by Gasteiger charge is -2.10. The fraction of sp³-hybridized carbons (Fsp3) is 0.250. The van der Waals surface area contributed by atoms with Gasteiger partial charge in [-0.3, -0.25) is 0 Å². The maximum absolute atomic E-state index is 13.8. The summed E-state index contributed by atoms with van der Waals surface area (Å²) in [4.78, 5) is -0.182. The number of nitrogens with two attached hydrogens (primary N) is 1. The van der Waals surface area contributed by atoms with Crippen molar-refractivity contribution in [3.8, 4) is 0 Å². The highest BCUT2D eigenvalue weighted by atomic mass is 32.1. The second kappa shape index (κ2) is 5.91. The fourth-order valence-electron chi connectivity index (χ4n) is 1.73. The molecule has 8 heteroatoms. The van der Waals surface area contributed by atoms with Crippen molar-refractivity contribution in [3.05, 3.63) is 41.5 Å². The SMILES string of the molecule is CCn1cnnc1CNc1ccc(C(N)=S)c(F)c1F. The molecule has 0 unspecified atom stereocenters. The van der Waals surface area contributed by atoms with Gasteiger partial charge >= 0.3 is 0 Å². The van der Waals surface area contributed by atoms with E-state index in [0.717, 1.165) is 0 Å². The molecule has 1 aromatic heterocycles. The van der Waals surface area contributed by atoms with Crippen LogP contribution in [0.5, 0.6) is 0 Å². The van der Waals surface area contributed by atoms with E-state index in [9.17, 15) is 8.78 Å². The van der Waals surface area contributed by atoms with Crippen molar-refractivity contribution in [1.82, 2.24) is 14.8 Å². The van der Waals surface area contributed by atoms with E-state index in [4.69, 9.17) is 5.73 Å². The molecule has 0 fully saturated rings.